The Morgan fingerprint density at radius 3 is 2.55 bits per heavy atom. The molecular formula is C25H28N2O4. The van der Waals surface area contributed by atoms with Gasteiger partial charge in [-0.15, -0.1) is 0 Å². The van der Waals surface area contributed by atoms with Crippen molar-refractivity contribution in [1.29, 1.82) is 5.26 Å². The number of nitrogens with zero attached hydrogens (tertiary/aromatic N) is 2. The number of benzene rings is 2. The second-order valence-electron chi connectivity index (χ2n) is 8.70. The van der Waals surface area contributed by atoms with E-state index < -0.39 is 12.1 Å². The van der Waals surface area contributed by atoms with Crippen LogP contribution in [0.4, 0.5) is 0 Å². The number of para-hydroxylation sites is 1. The largest absolute Gasteiger partial charge is 0.457 e. The van der Waals surface area contributed by atoms with Gasteiger partial charge in [-0.2, -0.15) is 5.26 Å². The van der Waals surface area contributed by atoms with Crippen LogP contribution in [0.3, 0.4) is 0 Å². The van der Waals surface area contributed by atoms with Crippen LogP contribution < -0.4 is 4.74 Å². The number of ether oxygens (including phenoxy) is 2. The summed E-state index contributed by atoms with van der Waals surface area (Å²) < 4.78 is 11.4. The summed E-state index contributed by atoms with van der Waals surface area (Å²) in [5.41, 5.74) is 0.272. The quantitative estimate of drug-likeness (QED) is 0.303. The second kappa shape index (κ2) is 9.65. The van der Waals surface area contributed by atoms with E-state index in [9.17, 15) is 10.1 Å². The number of hydrogen-bond donors (Lipinski definition) is 0. The molecule has 1 saturated carbocycles. The molecule has 162 valence electrons. The van der Waals surface area contributed by atoms with E-state index in [0.717, 1.165) is 0 Å². The molecule has 0 amide bonds. The van der Waals surface area contributed by atoms with Crippen molar-refractivity contribution in [3.05, 3.63) is 60.2 Å². The molecule has 1 fully saturated rings. The summed E-state index contributed by atoms with van der Waals surface area (Å²) in [4.78, 5) is 18.0. The van der Waals surface area contributed by atoms with Crippen LogP contribution in [0.5, 0.6) is 11.5 Å². The molecule has 1 aliphatic carbocycles. The highest BCUT2D eigenvalue weighted by molar-refractivity contribution is 5.85. The minimum atomic E-state index is -1.02. The summed E-state index contributed by atoms with van der Waals surface area (Å²) in [5, 5.41) is 13.6. The van der Waals surface area contributed by atoms with Gasteiger partial charge in [-0.3, -0.25) is 4.79 Å². The van der Waals surface area contributed by atoms with Crippen LogP contribution in [0.2, 0.25) is 0 Å². The first-order chi connectivity index (χ1) is 14.8. The van der Waals surface area contributed by atoms with Gasteiger partial charge in [0.1, 0.15) is 24.2 Å². The number of nitriles is 1. The number of rotatable bonds is 9. The highest BCUT2D eigenvalue weighted by atomic mass is 16.6. The summed E-state index contributed by atoms with van der Waals surface area (Å²) in [7, 11) is 0. The maximum Gasteiger partial charge on any atom is 0.311 e. The van der Waals surface area contributed by atoms with Crippen molar-refractivity contribution in [3.63, 3.8) is 0 Å². The molecule has 2 aromatic rings. The van der Waals surface area contributed by atoms with Gasteiger partial charge >= 0.3 is 5.97 Å². The summed E-state index contributed by atoms with van der Waals surface area (Å²) in [6, 6.07) is 18.4. The van der Waals surface area contributed by atoms with E-state index in [-0.39, 0.29) is 17.3 Å². The Morgan fingerprint density at radius 1 is 1.16 bits per heavy atom. The summed E-state index contributed by atoms with van der Waals surface area (Å²) >= 11 is 0. The molecule has 1 aliphatic rings. The molecule has 3 atom stereocenters. The van der Waals surface area contributed by atoms with Gasteiger partial charge in [0, 0.05) is 17.7 Å². The highest BCUT2D eigenvalue weighted by Crippen LogP contribution is 2.58. The lowest BCUT2D eigenvalue weighted by Gasteiger charge is -2.13. The van der Waals surface area contributed by atoms with Crippen molar-refractivity contribution in [2.75, 3.05) is 6.61 Å². The lowest BCUT2D eigenvalue weighted by atomic mass is 10.1. The topological polar surface area (TPSA) is 80.9 Å². The summed E-state index contributed by atoms with van der Waals surface area (Å²) in [6.07, 6.45) is 0.655. The Kier molecular flexibility index (Phi) is 6.96. The third kappa shape index (κ3) is 5.64. The first-order valence-electron chi connectivity index (χ1n) is 10.4. The van der Waals surface area contributed by atoms with Crippen molar-refractivity contribution >= 4 is 12.2 Å². The van der Waals surface area contributed by atoms with Crippen LogP contribution in [0.1, 0.15) is 39.4 Å². The third-order valence-corrected chi connectivity index (χ3v) is 5.36. The number of carbonyl (C=O) groups excluding carboxylic acids is 1. The fourth-order valence-electron chi connectivity index (χ4n) is 3.43. The predicted molar refractivity (Wildman–Crippen MR) is 117 cm³/mol. The van der Waals surface area contributed by atoms with E-state index in [1.807, 2.05) is 58.0 Å². The number of carbonyl (C=O) groups is 1. The molecule has 3 rings (SSSR count). The first kappa shape index (κ1) is 22.4. The zero-order chi connectivity index (χ0) is 22.4. The Morgan fingerprint density at radius 2 is 1.87 bits per heavy atom. The summed E-state index contributed by atoms with van der Waals surface area (Å²) in [5.74, 6) is 0.776. The Hall–Kier alpha value is -3.33. The predicted octanol–water partition coefficient (Wildman–Crippen LogP) is 5.52. The lowest BCUT2D eigenvalue weighted by Crippen LogP contribution is -2.14. The fourth-order valence-corrected chi connectivity index (χ4v) is 3.43. The monoisotopic (exact) mass is 420 g/mol. The molecule has 31 heavy (non-hydrogen) atoms. The third-order valence-electron chi connectivity index (χ3n) is 5.36. The molecule has 0 saturated heterocycles. The zero-order valence-corrected chi connectivity index (χ0v) is 18.3. The van der Waals surface area contributed by atoms with E-state index >= 15 is 0 Å². The van der Waals surface area contributed by atoms with Gasteiger partial charge < -0.3 is 14.3 Å². The Labute approximate surface area is 183 Å². The molecule has 6 nitrogen and oxygen atoms in total. The van der Waals surface area contributed by atoms with Crippen LogP contribution >= 0.6 is 0 Å². The van der Waals surface area contributed by atoms with Gasteiger partial charge in [0.2, 0.25) is 6.10 Å². The molecule has 0 spiro atoms. The molecule has 0 bridgehead atoms. The van der Waals surface area contributed by atoms with Crippen molar-refractivity contribution in [3.8, 4) is 17.6 Å². The first-order valence-corrected chi connectivity index (χ1v) is 10.4. The number of oxime groups is 1. The van der Waals surface area contributed by atoms with Crippen LogP contribution in [0, 0.1) is 34.5 Å². The molecule has 1 unspecified atom stereocenters. The van der Waals surface area contributed by atoms with Crippen LogP contribution in [-0.2, 0) is 14.4 Å². The van der Waals surface area contributed by atoms with Gasteiger partial charge in [0.15, 0.2) is 0 Å². The van der Waals surface area contributed by atoms with Gasteiger partial charge in [0.05, 0.1) is 5.92 Å². The number of hydrogen-bond acceptors (Lipinski definition) is 6. The standard InChI is InChI=1S/C25H28N2O4/c1-17(2)16-29-27-15-21-23(25(21,3)4)24(28)31-22(14-26)18-9-8-12-20(13-18)30-19-10-6-5-7-11-19/h5-13,15,17,21-23H,16H2,1-4H3/t21-,22?,23+/m1/s1. The van der Waals surface area contributed by atoms with Crippen LogP contribution in [0.15, 0.2) is 59.8 Å². The molecular weight excluding hydrogens is 392 g/mol. The highest BCUT2D eigenvalue weighted by Gasteiger charge is 2.62. The Balaban J connectivity index is 1.64. The molecule has 0 N–H and O–H groups in total. The van der Waals surface area contributed by atoms with E-state index in [4.69, 9.17) is 14.3 Å². The molecule has 2 aromatic carbocycles. The van der Waals surface area contributed by atoms with Crippen LogP contribution in [-0.4, -0.2) is 18.8 Å². The SMILES string of the molecule is CC(C)CON=C[C@@H]1[C@@H](C(=O)OC(C#N)c2cccc(Oc3ccccc3)c2)C1(C)C. The normalized spacial score (nSPS) is 20.1. The van der Waals surface area contributed by atoms with Crippen molar-refractivity contribution in [1.82, 2.24) is 0 Å². The van der Waals surface area contributed by atoms with E-state index in [2.05, 4.69) is 11.2 Å². The maximum absolute atomic E-state index is 12.8. The molecule has 6 heteroatoms. The maximum atomic E-state index is 12.8. The minimum absolute atomic E-state index is 0.0840. The molecule has 0 aliphatic heterocycles. The second-order valence-corrected chi connectivity index (χ2v) is 8.70. The number of esters is 1. The van der Waals surface area contributed by atoms with Crippen molar-refractivity contribution < 1.29 is 19.1 Å². The van der Waals surface area contributed by atoms with E-state index in [1.165, 1.54) is 0 Å². The van der Waals surface area contributed by atoms with Gasteiger partial charge in [-0.25, -0.2) is 0 Å². The lowest BCUT2D eigenvalue weighted by molar-refractivity contribution is -0.149. The smallest absolute Gasteiger partial charge is 0.311 e. The van der Waals surface area contributed by atoms with Gasteiger partial charge in [-0.1, -0.05) is 63.2 Å². The molecule has 0 heterocycles. The van der Waals surface area contributed by atoms with E-state index in [1.54, 1.807) is 30.5 Å². The zero-order valence-electron chi connectivity index (χ0n) is 18.3. The average Bonchev–Trinajstić information content (AvgIpc) is 3.30. The average molecular weight is 421 g/mol. The van der Waals surface area contributed by atoms with Gasteiger partial charge in [0.25, 0.3) is 0 Å². The van der Waals surface area contributed by atoms with Crippen molar-refractivity contribution in [2.24, 2.45) is 28.3 Å². The van der Waals surface area contributed by atoms with Crippen molar-refractivity contribution in [2.45, 2.75) is 33.8 Å². The van der Waals surface area contributed by atoms with Crippen LogP contribution in [0.25, 0.3) is 0 Å². The summed E-state index contributed by atoms with van der Waals surface area (Å²) in [6.45, 7) is 8.57. The fraction of sp³-hybridized carbons (Fsp3) is 0.400. The molecule has 0 radical (unpaired) electrons. The Bertz CT molecular complexity index is 963. The van der Waals surface area contributed by atoms with Gasteiger partial charge in [-0.05, 0) is 35.6 Å². The molecule has 0 aromatic heterocycles. The van der Waals surface area contributed by atoms with E-state index in [0.29, 0.717) is 29.6 Å². The minimum Gasteiger partial charge on any atom is -0.457 e.